The predicted octanol–water partition coefficient (Wildman–Crippen LogP) is 2.51. The molecule has 0 spiro atoms. The number of carbonyl (C=O) groups excluding carboxylic acids is 1. The monoisotopic (exact) mass is 272 g/mol. The molecule has 0 aromatic carbocycles. The van der Waals surface area contributed by atoms with E-state index in [4.69, 9.17) is 9.15 Å². The molecule has 2 aromatic heterocycles. The van der Waals surface area contributed by atoms with Gasteiger partial charge in [0.2, 0.25) is 5.76 Å². The van der Waals surface area contributed by atoms with Crippen LogP contribution in [-0.4, -0.2) is 31.2 Å². The van der Waals surface area contributed by atoms with Crippen molar-refractivity contribution in [2.75, 3.05) is 25.1 Å². The molecule has 3 rings (SSSR count). The van der Waals surface area contributed by atoms with E-state index in [1.54, 1.807) is 19.2 Å². The van der Waals surface area contributed by atoms with Gasteiger partial charge in [0.15, 0.2) is 0 Å². The van der Waals surface area contributed by atoms with Crippen molar-refractivity contribution in [3.63, 3.8) is 0 Å². The molecule has 0 amide bonds. The molecule has 0 atom stereocenters. The Hall–Kier alpha value is -2.30. The summed E-state index contributed by atoms with van der Waals surface area (Å²) in [5.74, 6) is 1.44. The molecule has 0 radical (unpaired) electrons. The van der Waals surface area contributed by atoms with E-state index in [0.29, 0.717) is 6.61 Å². The minimum Gasteiger partial charge on any atom is -0.460 e. The van der Waals surface area contributed by atoms with E-state index in [1.165, 1.54) is 0 Å². The van der Waals surface area contributed by atoms with Gasteiger partial charge in [-0.2, -0.15) is 0 Å². The Morgan fingerprint density at radius 3 is 3.20 bits per heavy atom. The van der Waals surface area contributed by atoms with Crippen molar-refractivity contribution >= 4 is 11.8 Å². The van der Waals surface area contributed by atoms with Gasteiger partial charge in [-0.25, -0.2) is 9.78 Å². The lowest BCUT2D eigenvalue weighted by atomic mass is 10.1. The van der Waals surface area contributed by atoms with Gasteiger partial charge in [-0.3, -0.25) is 0 Å². The summed E-state index contributed by atoms with van der Waals surface area (Å²) in [6, 6.07) is 5.61. The third kappa shape index (κ3) is 2.05. The van der Waals surface area contributed by atoms with E-state index in [9.17, 15) is 4.79 Å². The number of carbonyl (C=O) groups is 1. The van der Waals surface area contributed by atoms with E-state index in [1.807, 2.05) is 19.2 Å². The lowest BCUT2D eigenvalue weighted by Gasteiger charge is -2.16. The van der Waals surface area contributed by atoms with Crippen molar-refractivity contribution in [2.45, 2.75) is 13.3 Å². The van der Waals surface area contributed by atoms with Gasteiger partial charge in [0.25, 0.3) is 0 Å². The van der Waals surface area contributed by atoms with Gasteiger partial charge < -0.3 is 14.1 Å². The minimum atomic E-state index is -0.417. The molecule has 5 nitrogen and oxygen atoms in total. The number of furan rings is 1. The van der Waals surface area contributed by atoms with Crippen LogP contribution in [-0.2, 0) is 11.2 Å². The topological polar surface area (TPSA) is 55.6 Å². The van der Waals surface area contributed by atoms with Crippen molar-refractivity contribution in [3.05, 3.63) is 35.7 Å². The van der Waals surface area contributed by atoms with Crippen molar-refractivity contribution < 1.29 is 13.9 Å². The van der Waals surface area contributed by atoms with Crippen LogP contribution < -0.4 is 4.90 Å². The Morgan fingerprint density at radius 1 is 1.55 bits per heavy atom. The summed E-state index contributed by atoms with van der Waals surface area (Å²) in [6.07, 6.45) is 2.57. The van der Waals surface area contributed by atoms with Crippen LogP contribution in [0.3, 0.4) is 0 Å². The highest BCUT2D eigenvalue weighted by Crippen LogP contribution is 2.36. The van der Waals surface area contributed by atoms with Gasteiger partial charge in [0, 0.05) is 25.4 Å². The molecule has 0 fully saturated rings. The maximum Gasteiger partial charge on any atom is 0.374 e. The minimum absolute atomic E-state index is 0.260. The van der Waals surface area contributed by atoms with Crippen LogP contribution in [0.4, 0.5) is 5.82 Å². The van der Waals surface area contributed by atoms with E-state index in [2.05, 4.69) is 9.88 Å². The highest BCUT2D eigenvalue weighted by Gasteiger charge is 2.24. The maximum atomic E-state index is 11.8. The van der Waals surface area contributed by atoms with Gasteiger partial charge in [0.05, 0.1) is 12.2 Å². The number of pyridine rings is 1. The normalized spacial score (nSPS) is 13.4. The molecular weight excluding hydrogens is 256 g/mol. The standard InChI is InChI=1S/C15H16N2O3/c1-3-19-15(18)12-9-10-6-8-17(2)14-11(13(10)20-12)5-4-7-16-14/h4-5,7,9H,3,6,8H2,1-2H3. The predicted molar refractivity (Wildman–Crippen MR) is 74.9 cm³/mol. The number of anilines is 1. The molecule has 104 valence electrons. The number of hydrogen-bond acceptors (Lipinski definition) is 5. The van der Waals surface area contributed by atoms with Gasteiger partial charge in [-0.1, -0.05) is 0 Å². The number of esters is 1. The number of hydrogen-bond donors (Lipinski definition) is 0. The summed E-state index contributed by atoms with van der Waals surface area (Å²) >= 11 is 0. The van der Waals surface area contributed by atoms with Crippen LogP contribution in [0.5, 0.6) is 0 Å². The fraction of sp³-hybridized carbons (Fsp3) is 0.333. The average molecular weight is 272 g/mol. The summed E-state index contributed by atoms with van der Waals surface area (Å²) in [4.78, 5) is 18.3. The molecule has 0 unspecified atom stereocenters. The van der Waals surface area contributed by atoms with Gasteiger partial charge >= 0.3 is 5.97 Å². The van der Waals surface area contributed by atoms with Crippen molar-refractivity contribution in [3.8, 4) is 11.3 Å². The third-order valence-electron chi connectivity index (χ3n) is 3.40. The summed E-state index contributed by atoms with van der Waals surface area (Å²) < 4.78 is 10.7. The first-order chi connectivity index (χ1) is 9.70. The lowest BCUT2D eigenvalue weighted by molar-refractivity contribution is 0.0491. The molecular formula is C15H16N2O3. The quantitative estimate of drug-likeness (QED) is 0.786. The van der Waals surface area contributed by atoms with Crippen LogP contribution in [0.2, 0.25) is 0 Å². The number of fused-ring (bicyclic) bond motifs is 3. The first-order valence-electron chi connectivity index (χ1n) is 6.67. The number of aromatic nitrogens is 1. The zero-order valence-corrected chi connectivity index (χ0v) is 11.5. The Balaban J connectivity index is 2.09. The van der Waals surface area contributed by atoms with Crippen LogP contribution in [0.25, 0.3) is 11.3 Å². The molecule has 20 heavy (non-hydrogen) atoms. The zero-order chi connectivity index (χ0) is 14.1. The molecule has 0 aliphatic carbocycles. The van der Waals surface area contributed by atoms with Crippen LogP contribution >= 0.6 is 0 Å². The highest BCUT2D eigenvalue weighted by atomic mass is 16.5. The zero-order valence-electron chi connectivity index (χ0n) is 11.5. The molecule has 3 heterocycles. The second-order valence-corrected chi connectivity index (χ2v) is 4.73. The molecule has 0 saturated carbocycles. The van der Waals surface area contributed by atoms with Crippen LogP contribution in [0.1, 0.15) is 23.0 Å². The van der Waals surface area contributed by atoms with E-state index in [0.717, 1.165) is 35.7 Å². The average Bonchev–Trinajstić information content (AvgIpc) is 2.84. The highest BCUT2D eigenvalue weighted by molar-refractivity contribution is 5.88. The van der Waals surface area contributed by atoms with E-state index >= 15 is 0 Å². The molecule has 0 saturated heterocycles. The molecule has 1 aliphatic heterocycles. The maximum absolute atomic E-state index is 11.8. The van der Waals surface area contributed by atoms with E-state index < -0.39 is 5.97 Å². The summed E-state index contributed by atoms with van der Waals surface area (Å²) in [5, 5.41) is 0. The Morgan fingerprint density at radius 2 is 2.40 bits per heavy atom. The molecule has 0 N–H and O–H groups in total. The smallest absolute Gasteiger partial charge is 0.374 e. The van der Waals surface area contributed by atoms with E-state index in [-0.39, 0.29) is 5.76 Å². The molecule has 1 aliphatic rings. The van der Waals surface area contributed by atoms with Gasteiger partial charge in [-0.05, 0) is 31.5 Å². The van der Waals surface area contributed by atoms with Crippen molar-refractivity contribution in [1.82, 2.24) is 4.98 Å². The van der Waals surface area contributed by atoms with Crippen LogP contribution in [0, 0.1) is 0 Å². The van der Waals surface area contributed by atoms with Crippen LogP contribution in [0.15, 0.2) is 28.8 Å². The molecule has 2 aromatic rings. The summed E-state index contributed by atoms with van der Waals surface area (Å²) in [5.41, 5.74) is 1.93. The van der Waals surface area contributed by atoms with Gasteiger partial charge in [-0.15, -0.1) is 0 Å². The van der Waals surface area contributed by atoms with Crippen molar-refractivity contribution in [1.29, 1.82) is 0 Å². The fourth-order valence-electron chi connectivity index (χ4n) is 2.42. The van der Waals surface area contributed by atoms with Gasteiger partial charge in [0.1, 0.15) is 11.6 Å². The summed E-state index contributed by atoms with van der Waals surface area (Å²) in [6.45, 7) is 2.95. The first-order valence-corrected chi connectivity index (χ1v) is 6.67. The first kappa shape index (κ1) is 12.7. The molecule has 0 bridgehead atoms. The Bertz CT molecular complexity index is 648. The number of likely N-dealkylation sites (N-methyl/N-ethyl adjacent to an activating group) is 1. The number of nitrogens with zero attached hydrogens (tertiary/aromatic N) is 2. The van der Waals surface area contributed by atoms with Crippen molar-refractivity contribution in [2.24, 2.45) is 0 Å². The Labute approximate surface area is 117 Å². The fourth-order valence-corrected chi connectivity index (χ4v) is 2.42. The Kier molecular flexibility index (Phi) is 3.18. The lowest BCUT2D eigenvalue weighted by Crippen LogP contribution is -2.20. The largest absolute Gasteiger partial charge is 0.460 e. The number of rotatable bonds is 2. The molecule has 5 heteroatoms. The second-order valence-electron chi connectivity index (χ2n) is 4.73. The summed E-state index contributed by atoms with van der Waals surface area (Å²) in [7, 11) is 2.00. The number of ether oxygens (including phenoxy) is 1. The third-order valence-corrected chi connectivity index (χ3v) is 3.40. The second kappa shape index (κ2) is 5.00. The SMILES string of the molecule is CCOC(=O)c1cc2c(o1)-c1cccnc1N(C)CC2.